The van der Waals surface area contributed by atoms with Crippen molar-refractivity contribution in [2.75, 3.05) is 26.4 Å². The Bertz CT molecular complexity index is 168. The Morgan fingerprint density at radius 2 is 2.06 bits per heavy atom. The molecule has 0 saturated carbocycles. The molecule has 1 rings (SSSR count). The minimum Gasteiger partial charge on any atom is -0.379 e. The van der Waals surface area contributed by atoms with E-state index in [2.05, 4.69) is 19.2 Å². The quantitative estimate of drug-likeness (QED) is 0.598. The maximum absolute atomic E-state index is 5.62. The van der Waals surface area contributed by atoms with Crippen LogP contribution >= 0.6 is 0 Å². The number of hydrogen-bond acceptors (Lipinski definition) is 3. The van der Waals surface area contributed by atoms with Gasteiger partial charge in [-0.15, -0.1) is 0 Å². The van der Waals surface area contributed by atoms with E-state index in [1.165, 1.54) is 38.5 Å². The zero-order valence-corrected chi connectivity index (χ0v) is 11.5. The molecule has 1 N–H and O–H groups in total. The molecule has 0 bridgehead atoms. The van der Waals surface area contributed by atoms with E-state index < -0.39 is 0 Å². The molecule has 1 fully saturated rings. The van der Waals surface area contributed by atoms with Crippen LogP contribution in [-0.2, 0) is 9.47 Å². The van der Waals surface area contributed by atoms with E-state index in [0.29, 0.717) is 12.1 Å². The molecular weight excluding hydrogens is 214 g/mol. The van der Waals surface area contributed by atoms with Crippen molar-refractivity contribution < 1.29 is 9.47 Å². The van der Waals surface area contributed by atoms with Gasteiger partial charge in [-0.2, -0.15) is 0 Å². The fourth-order valence-electron chi connectivity index (χ4n) is 2.06. The first-order valence-electron chi connectivity index (χ1n) is 7.22. The second-order valence-corrected chi connectivity index (χ2v) is 5.23. The molecule has 1 unspecified atom stereocenters. The van der Waals surface area contributed by atoms with Crippen LogP contribution in [-0.4, -0.2) is 38.5 Å². The Labute approximate surface area is 106 Å². The summed E-state index contributed by atoms with van der Waals surface area (Å²) >= 11 is 0. The van der Waals surface area contributed by atoms with Crippen molar-refractivity contribution in [2.24, 2.45) is 0 Å². The second kappa shape index (κ2) is 9.86. The van der Waals surface area contributed by atoms with Crippen LogP contribution in [0.3, 0.4) is 0 Å². The summed E-state index contributed by atoms with van der Waals surface area (Å²) in [7, 11) is 0. The first-order valence-corrected chi connectivity index (χ1v) is 7.22. The van der Waals surface area contributed by atoms with Crippen LogP contribution in [0, 0.1) is 0 Å². The van der Waals surface area contributed by atoms with Gasteiger partial charge >= 0.3 is 0 Å². The van der Waals surface area contributed by atoms with Crippen LogP contribution in [0.2, 0.25) is 0 Å². The van der Waals surface area contributed by atoms with E-state index in [9.17, 15) is 0 Å². The van der Waals surface area contributed by atoms with Crippen LogP contribution in [0.25, 0.3) is 0 Å². The molecule has 1 heterocycles. The molecule has 0 amide bonds. The lowest BCUT2D eigenvalue weighted by Crippen LogP contribution is -2.23. The summed E-state index contributed by atoms with van der Waals surface area (Å²) in [4.78, 5) is 0. The third kappa shape index (κ3) is 8.58. The zero-order chi connectivity index (χ0) is 12.3. The van der Waals surface area contributed by atoms with Gasteiger partial charge in [0.05, 0.1) is 12.7 Å². The smallest absolute Gasteiger partial charge is 0.0809 e. The van der Waals surface area contributed by atoms with Gasteiger partial charge in [0.15, 0.2) is 0 Å². The molecule has 1 atom stereocenters. The van der Waals surface area contributed by atoms with Gasteiger partial charge in [-0.1, -0.05) is 26.7 Å². The molecule has 1 saturated heterocycles. The topological polar surface area (TPSA) is 30.5 Å². The molecule has 102 valence electrons. The Balaban J connectivity index is 1.72. The maximum atomic E-state index is 5.62. The van der Waals surface area contributed by atoms with E-state index in [4.69, 9.17) is 9.47 Å². The third-order valence-corrected chi connectivity index (χ3v) is 3.10. The molecule has 3 nitrogen and oxygen atoms in total. The number of rotatable bonds is 10. The Morgan fingerprint density at radius 1 is 1.24 bits per heavy atom. The number of hydrogen-bond donors (Lipinski definition) is 1. The largest absolute Gasteiger partial charge is 0.379 e. The van der Waals surface area contributed by atoms with E-state index in [0.717, 1.165) is 26.4 Å². The van der Waals surface area contributed by atoms with E-state index in [-0.39, 0.29) is 0 Å². The maximum Gasteiger partial charge on any atom is 0.0809 e. The molecule has 17 heavy (non-hydrogen) atoms. The van der Waals surface area contributed by atoms with Gasteiger partial charge in [-0.05, 0) is 32.2 Å². The third-order valence-electron chi connectivity index (χ3n) is 3.10. The summed E-state index contributed by atoms with van der Waals surface area (Å²) in [6, 6.07) is 0.616. The predicted octanol–water partition coefficient (Wildman–Crippen LogP) is 2.74. The van der Waals surface area contributed by atoms with Gasteiger partial charge < -0.3 is 14.8 Å². The minimum atomic E-state index is 0.380. The fraction of sp³-hybridized carbons (Fsp3) is 1.00. The van der Waals surface area contributed by atoms with Gasteiger partial charge in [0.1, 0.15) is 0 Å². The average Bonchev–Trinajstić information content (AvgIpc) is 2.79. The molecule has 3 heteroatoms. The number of ether oxygens (including phenoxy) is 2. The van der Waals surface area contributed by atoms with Crippen molar-refractivity contribution in [1.82, 2.24) is 5.32 Å². The van der Waals surface area contributed by atoms with Crippen LogP contribution in [0.5, 0.6) is 0 Å². The van der Waals surface area contributed by atoms with Crippen molar-refractivity contribution >= 4 is 0 Å². The van der Waals surface area contributed by atoms with Gasteiger partial charge in [-0.3, -0.25) is 0 Å². The lowest BCUT2D eigenvalue weighted by molar-refractivity contribution is 0.0161. The summed E-state index contributed by atoms with van der Waals surface area (Å²) in [5, 5.41) is 3.44. The molecule has 0 aliphatic carbocycles. The minimum absolute atomic E-state index is 0.380. The highest BCUT2D eigenvalue weighted by atomic mass is 16.5. The van der Waals surface area contributed by atoms with Crippen molar-refractivity contribution in [2.45, 2.75) is 64.5 Å². The predicted molar refractivity (Wildman–Crippen MR) is 71.4 cm³/mol. The van der Waals surface area contributed by atoms with Gasteiger partial charge in [-0.25, -0.2) is 0 Å². The van der Waals surface area contributed by atoms with Crippen LogP contribution in [0.15, 0.2) is 0 Å². The second-order valence-electron chi connectivity index (χ2n) is 5.23. The number of unbranched alkanes of at least 4 members (excludes halogenated alkanes) is 3. The van der Waals surface area contributed by atoms with Crippen LogP contribution in [0.4, 0.5) is 0 Å². The molecule has 1 aliphatic heterocycles. The van der Waals surface area contributed by atoms with Crippen LogP contribution < -0.4 is 5.32 Å². The Hall–Kier alpha value is -0.120. The monoisotopic (exact) mass is 243 g/mol. The zero-order valence-electron chi connectivity index (χ0n) is 11.5. The first kappa shape index (κ1) is 14.9. The lowest BCUT2D eigenvalue weighted by Gasteiger charge is -2.10. The van der Waals surface area contributed by atoms with Crippen molar-refractivity contribution in [3.8, 4) is 0 Å². The average molecular weight is 243 g/mol. The summed E-state index contributed by atoms with van der Waals surface area (Å²) < 4.78 is 11.1. The van der Waals surface area contributed by atoms with E-state index in [1.54, 1.807) is 0 Å². The number of nitrogens with one attached hydrogen (secondary N) is 1. The summed E-state index contributed by atoms with van der Waals surface area (Å²) in [5.41, 5.74) is 0. The summed E-state index contributed by atoms with van der Waals surface area (Å²) in [6.45, 7) is 8.16. The van der Waals surface area contributed by atoms with Gasteiger partial charge in [0.2, 0.25) is 0 Å². The molecule has 0 radical (unpaired) electrons. The Kier molecular flexibility index (Phi) is 8.67. The van der Waals surface area contributed by atoms with Crippen molar-refractivity contribution in [1.29, 1.82) is 0 Å². The molecular formula is C14H29NO2. The standard InChI is InChI=1S/C14H29NO2/c1-13(2)15-9-5-3-4-6-10-16-12-14-8-7-11-17-14/h13-15H,3-12H2,1-2H3. The molecule has 1 aliphatic rings. The SMILES string of the molecule is CC(C)NCCCCCCOCC1CCCO1. The highest BCUT2D eigenvalue weighted by molar-refractivity contribution is 4.63. The summed E-state index contributed by atoms with van der Waals surface area (Å²) in [5.74, 6) is 0. The molecule has 0 spiro atoms. The van der Waals surface area contributed by atoms with Crippen molar-refractivity contribution in [3.63, 3.8) is 0 Å². The summed E-state index contributed by atoms with van der Waals surface area (Å²) in [6.07, 6.45) is 7.83. The first-order chi connectivity index (χ1) is 8.29. The van der Waals surface area contributed by atoms with Crippen molar-refractivity contribution in [3.05, 3.63) is 0 Å². The normalized spacial score (nSPS) is 20.3. The highest BCUT2D eigenvalue weighted by Crippen LogP contribution is 2.12. The van der Waals surface area contributed by atoms with E-state index in [1.807, 2.05) is 0 Å². The van der Waals surface area contributed by atoms with E-state index >= 15 is 0 Å². The van der Waals surface area contributed by atoms with Gasteiger partial charge in [0, 0.05) is 19.3 Å². The van der Waals surface area contributed by atoms with Gasteiger partial charge in [0.25, 0.3) is 0 Å². The lowest BCUT2D eigenvalue weighted by atomic mass is 10.2. The van der Waals surface area contributed by atoms with Crippen LogP contribution in [0.1, 0.15) is 52.4 Å². The highest BCUT2D eigenvalue weighted by Gasteiger charge is 2.14. The fourth-order valence-corrected chi connectivity index (χ4v) is 2.06. The Morgan fingerprint density at radius 3 is 2.76 bits per heavy atom. The molecule has 0 aromatic rings. The molecule has 0 aromatic heterocycles. The molecule has 0 aromatic carbocycles.